The molecule has 0 bridgehead atoms. The number of benzene rings is 1. The molecule has 5 rings (SSSR count). The summed E-state index contributed by atoms with van der Waals surface area (Å²) < 4.78 is 3.13. The lowest BCUT2D eigenvalue weighted by Gasteiger charge is -2.10. The predicted molar refractivity (Wildman–Crippen MR) is 112 cm³/mol. The zero-order chi connectivity index (χ0) is 20.8. The predicted octanol–water partition coefficient (Wildman–Crippen LogP) is 1.89. The van der Waals surface area contributed by atoms with Crippen molar-refractivity contribution < 1.29 is 4.79 Å². The summed E-state index contributed by atoms with van der Waals surface area (Å²) in [6.45, 7) is 0. The third-order valence-electron chi connectivity index (χ3n) is 5.26. The average Bonchev–Trinajstić information content (AvgIpc) is 3.66. The van der Waals surface area contributed by atoms with Crippen LogP contribution in [0.25, 0.3) is 5.69 Å². The molecule has 0 saturated heterocycles. The van der Waals surface area contributed by atoms with Crippen molar-refractivity contribution in [1.29, 1.82) is 0 Å². The van der Waals surface area contributed by atoms with E-state index in [4.69, 9.17) is 5.73 Å². The largest absolute Gasteiger partial charge is 0.384 e. The summed E-state index contributed by atoms with van der Waals surface area (Å²) in [5, 5.41) is 5.04. The van der Waals surface area contributed by atoms with E-state index in [-0.39, 0.29) is 23.2 Å². The molecule has 9 nitrogen and oxygen atoms in total. The zero-order valence-electron chi connectivity index (χ0n) is 16.1. The first kappa shape index (κ1) is 18.9. The molecule has 2 heterocycles. The fourth-order valence-corrected chi connectivity index (χ4v) is 4.17. The van der Waals surface area contributed by atoms with Gasteiger partial charge in [0.15, 0.2) is 5.78 Å². The van der Waals surface area contributed by atoms with Crippen LogP contribution in [0.15, 0.2) is 45.1 Å². The Hall–Kier alpha value is -3.14. The lowest BCUT2D eigenvalue weighted by molar-refractivity contribution is 0.102. The first-order chi connectivity index (χ1) is 14.5. The molecular formula is C20H20N6O3S. The van der Waals surface area contributed by atoms with Crippen LogP contribution in [-0.4, -0.2) is 35.9 Å². The van der Waals surface area contributed by atoms with Gasteiger partial charge in [-0.3, -0.25) is 19.1 Å². The van der Waals surface area contributed by atoms with E-state index in [1.165, 1.54) is 4.57 Å². The number of aromatic amines is 1. The van der Waals surface area contributed by atoms with Crippen molar-refractivity contribution in [2.24, 2.45) is 0 Å². The van der Waals surface area contributed by atoms with Gasteiger partial charge in [0.05, 0.1) is 11.4 Å². The number of hydrogen-bond acceptors (Lipinski definition) is 7. The van der Waals surface area contributed by atoms with Crippen LogP contribution >= 0.6 is 11.8 Å². The van der Waals surface area contributed by atoms with Gasteiger partial charge in [-0.15, -0.1) is 5.10 Å². The number of nitrogen functional groups attached to an aromatic ring is 1. The second-order valence-electron chi connectivity index (χ2n) is 7.61. The number of H-pyrrole nitrogens is 1. The Morgan fingerprint density at radius 1 is 1.17 bits per heavy atom. The number of Topliss-reactive ketones (excluding diaryl/α,β-unsaturated/α-hetero) is 1. The lowest BCUT2D eigenvalue weighted by Crippen LogP contribution is -2.36. The van der Waals surface area contributed by atoms with E-state index in [2.05, 4.69) is 15.1 Å². The minimum Gasteiger partial charge on any atom is -0.384 e. The highest BCUT2D eigenvalue weighted by atomic mass is 32.2. The average molecular weight is 424 g/mol. The molecular weight excluding hydrogens is 404 g/mol. The molecule has 10 heteroatoms. The number of thioether (sulfide) groups is 1. The highest BCUT2D eigenvalue weighted by molar-refractivity contribution is 7.99. The number of ketones is 1. The molecule has 2 saturated carbocycles. The maximum absolute atomic E-state index is 12.8. The Labute approximate surface area is 175 Å². The maximum atomic E-state index is 12.8. The Balaban J connectivity index is 1.40. The van der Waals surface area contributed by atoms with Crippen LogP contribution in [0.1, 0.15) is 53.8 Å². The summed E-state index contributed by atoms with van der Waals surface area (Å²) in [4.78, 5) is 43.9. The molecule has 0 unspecified atom stereocenters. The van der Waals surface area contributed by atoms with Crippen molar-refractivity contribution in [1.82, 2.24) is 24.3 Å². The van der Waals surface area contributed by atoms with Gasteiger partial charge in [-0.2, -0.15) is 0 Å². The number of carbonyl (C=O) groups is 1. The van der Waals surface area contributed by atoms with E-state index >= 15 is 0 Å². The van der Waals surface area contributed by atoms with Crippen LogP contribution in [-0.2, 0) is 0 Å². The SMILES string of the molecule is Nc1c(C(=O)CSc2nc(C3CC3)n(-c3ccccc3)n2)c(=O)[nH]c(=O)n1C1CC1. The van der Waals surface area contributed by atoms with E-state index in [9.17, 15) is 14.4 Å². The number of para-hydroxylation sites is 1. The number of anilines is 1. The third kappa shape index (κ3) is 3.47. The van der Waals surface area contributed by atoms with Gasteiger partial charge < -0.3 is 5.73 Å². The first-order valence-electron chi connectivity index (χ1n) is 9.85. The van der Waals surface area contributed by atoms with Crippen molar-refractivity contribution in [2.75, 3.05) is 11.5 Å². The van der Waals surface area contributed by atoms with E-state index < -0.39 is 17.0 Å². The Kier molecular flexibility index (Phi) is 4.58. The van der Waals surface area contributed by atoms with Crippen molar-refractivity contribution in [3.05, 3.63) is 62.6 Å². The standard InChI is InChI=1S/C20H20N6O3S/c21-16-15(18(28)23-20(29)25(16)12-8-9-12)14(27)10-30-19-22-17(11-6-7-11)26(24-19)13-4-2-1-3-5-13/h1-5,11-12H,6-10,21H2,(H,23,28,29). The fraction of sp³-hybridized carbons (Fsp3) is 0.350. The summed E-state index contributed by atoms with van der Waals surface area (Å²) in [5.41, 5.74) is 5.46. The molecule has 2 fully saturated rings. The van der Waals surface area contributed by atoms with Crippen LogP contribution < -0.4 is 17.0 Å². The number of nitrogens with two attached hydrogens (primary N) is 1. The molecule has 0 atom stereocenters. The summed E-state index contributed by atoms with van der Waals surface area (Å²) >= 11 is 1.16. The lowest BCUT2D eigenvalue weighted by atomic mass is 10.2. The first-order valence-corrected chi connectivity index (χ1v) is 10.8. The molecule has 0 spiro atoms. The quantitative estimate of drug-likeness (QED) is 0.438. The fourth-order valence-electron chi connectivity index (χ4n) is 3.46. The van der Waals surface area contributed by atoms with Gasteiger partial charge in [0, 0.05) is 12.0 Å². The van der Waals surface area contributed by atoms with Gasteiger partial charge in [0.25, 0.3) is 5.56 Å². The van der Waals surface area contributed by atoms with E-state index in [1.54, 1.807) is 0 Å². The van der Waals surface area contributed by atoms with Gasteiger partial charge in [-0.05, 0) is 37.8 Å². The summed E-state index contributed by atoms with van der Waals surface area (Å²) in [6.07, 6.45) is 3.76. The van der Waals surface area contributed by atoms with Crippen LogP contribution in [0, 0.1) is 0 Å². The molecule has 3 N–H and O–H groups in total. The molecule has 0 amide bonds. The Morgan fingerprint density at radius 3 is 2.57 bits per heavy atom. The number of hydrogen-bond donors (Lipinski definition) is 2. The van der Waals surface area contributed by atoms with E-state index in [0.29, 0.717) is 11.1 Å². The number of nitrogens with zero attached hydrogens (tertiary/aromatic N) is 4. The van der Waals surface area contributed by atoms with Gasteiger partial charge in [-0.25, -0.2) is 14.5 Å². The van der Waals surface area contributed by atoms with Crippen molar-refractivity contribution in [2.45, 2.75) is 42.8 Å². The van der Waals surface area contributed by atoms with Crippen LogP contribution in [0.2, 0.25) is 0 Å². The number of aromatic nitrogens is 5. The molecule has 3 aromatic rings. The number of nitrogens with one attached hydrogen (secondary N) is 1. The molecule has 1 aromatic carbocycles. The van der Waals surface area contributed by atoms with Crippen LogP contribution in [0.3, 0.4) is 0 Å². The highest BCUT2D eigenvalue weighted by Crippen LogP contribution is 2.40. The molecule has 2 aliphatic carbocycles. The summed E-state index contributed by atoms with van der Waals surface area (Å²) in [6, 6.07) is 9.69. The molecule has 0 radical (unpaired) electrons. The maximum Gasteiger partial charge on any atom is 0.330 e. The minimum atomic E-state index is -0.749. The van der Waals surface area contributed by atoms with Gasteiger partial charge in [-0.1, -0.05) is 30.0 Å². The van der Waals surface area contributed by atoms with Crippen LogP contribution in [0.4, 0.5) is 5.82 Å². The van der Waals surface area contributed by atoms with Crippen molar-refractivity contribution >= 4 is 23.4 Å². The van der Waals surface area contributed by atoms with Crippen molar-refractivity contribution in [3.63, 3.8) is 0 Å². The number of rotatable bonds is 7. The smallest absolute Gasteiger partial charge is 0.330 e. The third-order valence-corrected chi connectivity index (χ3v) is 6.10. The van der Waals surface area contributed by atoms with E-state index in [0.717, 1.165) is 49.0 Å². The topological polar surface area (TPSA) is 129 Å². The second kappa shape index (κ2) is 7.28. The minimum absolute atomic E-state index is 0.0426. The second-order valence-corrected chi connectivity index (χ2v) is 8.55. The van der Waals surface area contributed by atoms with Crippen LogP contribution in [0.5, 0.6) is 0 Å². The van der Waals surface area contributed by atoms with Gasteiger partial charge in [0.1, 0.15) is 17.2 Å². The molecule has 154 valence electrons. The van der Waals surface area contributed by atoms with Gasteiger partial charge in [0.2, 0.25) is 5.16 Å². The van der Waals surface area contributed by atoms with Gasteiger partial charge >= 0.3 is 5.69 Å². The van der Waals surface area contributed by atoms with E-state index in [1.807, 2.05) is 35.0 Å². The molecule has 2 aliphatic rings. The monoisotopic (exact) mass is 424 g/mol. The molecule has 2 aromatic heterocycles. The molecule has 0 aliphatic heterocycles. The summed E-state index contributed by atoms with van der Waals surface area (Å²) in [5.74, 6) is 0.716. The Bertz CT molecular complexity index is 1240. The number of carbonyl (C=O) groups excluding carboxylic acids is 1. The van der Waals surface area contributed by atoms with Crippen molar-refractivity contribution in [3.8, 4) is 5.69 Å². The summed E-state index contributed by atoms with van der Waals surface area (Å²) in [7, 11) is 0. The normalized spacial score (nSPS) is 16.0. The Morgan fingerprint density at radius 2 is 1.90 bits per heavy atom. The zero-order valence-corrected chi connectivity index (χ0v) is 16.9. The molecule has 30 heavy (non-hydrogen) atoms. The highest BCUT2D eigenvalue weighted by Gasteiger charge is 2.32.